The lowest BCUT2D eigenvalue weighted by atomic mass is 9.97. The fourth-order valence-corrected chi connectivity index (χ4v) is 4.45. The van der Waals surface area contributed by atoms with Crippen molar-refractivity contribution in [1.82, 2.24) is 4.90 Å². The van der Waals surface area contributed by atoms with Crippen LogP contribution in [-0.4, -0.2) is 27.8 Å². The highest BCUT2D eigenvalue weighted by Crippen LogP contribution is 2.38. The van der Waals surface area contributed by atoms with Crippen molar-refractivity contribution >= 4 is 46.1 Å². The highest BCUT2D eigenvalue weighted by Gasteiger charge is 2.43. The molecule has 3 aromatic rings. The van der Waals surface area contributed by atoms with E-state index in [0.29, 0.717) is 16.8 Å². The number of nitrogens with zero attached hydrogens (tertiary/aromatic N) is 1. The summed E-state index contributed by atoms with van der Waals surface area (Å²) in [7, 11) is 0. The molecule has 2 atom stereocenters. The highest BCUT2D eigenvalue weighted by atomic mass is 127. The highest BCUT2D eigenvalue weighted by molar-refractivity contribution is 14.1. The van der Waals surface area contributed by atoms with E-state index in [1.807, 2.05) is 19.1 Å². The first-order valence-corrected chi connectivity index (χ1v) is 11.3. The zero-order chi connectivity index (χ0) is 22.8. The molecule has 1 heterocycles. The number of aryl methyl sites for hydroxylation is 1. The van der Waals surface area contributed by atoms with Crippen LogP contribution in [-0.2, 0) is 16.0 Å². The monoisotopic (exact) mass is 540 g/mol. The average molecular weight is 540 g/mol. The Morgan fingerprint density at radius 3 is 2.38 bits per heavy atom. The molecule has 7 heteroatoms. The molecule has 1 aliphatic heterocycles. The number of carboxylic acids is 1. The Bertz CT molecular complexity index is 1180. The molecule has 4 rings (SSSR count). The van der Waals surface area contributed by atoms with Gasteiger partial charge >= 0.3 is 5.97 Å². The molecular formula is C25H21IN2O4. The predicted octanol–water partition coefficient (Wildman–Crippen LogP) is 4.82. The maximum atomic E-state index is 13.8. The Labute approximate surface area is 199 Å². The second-order valence-electron chi connectivity index (χ2n) is 7.54. The van der Waals surface area contributed by atoms with Crippen molar-refractivity contribution in [1.29, 1.82) is 0 Å². The maximum absolute atomic E-state index is 13.8. The van der Waals surface area contributed by atoms with E-state index in [1.54, 1.807) is 60.7 Å². The molecular weight excluding hydrogens is 519 g/mol. The number of fused-ring (bicyclic) bond motifs is 1. The van der Waals surface area contributed by atoms with Crippen molar-refractivity contribution in [3.05, 3.63) is 98.6 Å². The second-order valence-corrected chi connectivity index (χ2v) is 8.79. The first-order chi connectivity index (χ1) is 15.4. The molecule has 0 bridgehead atoms. The van der Waals surface area contributed by atoms with Gasteiger partial charge in [0.15, 0.2) is 6.04 Å². The number of rotatable bonds is 5. The van der Waals surface area contributed by atoms with Gasteiger partial charge in [0.05, 0.1) is 11.3 Å². The van der Waals surface area contributed by atoms with E-state index >= 15 is 0 Å². The third-order valence-corrected chi connectivity index (χ3v) is 6.23. The van der Waals surface area contributed by atoms with Gasteiger partial charge in [-0.2, -0.15) is 0 Å². The molecule has 0 saturated carbocycles. The van der Waals surface area contributed by atoms with Crippen LogP contribution < -0.4 is 5.32 Å². The Kier molecular flexibility index (Phi) is 6.27. The lowest BCUT2D eigenvalue weighted by Gasteiger charge is -2.34. The van der Waals surface area contributed by atoms with Crippen molar-refractivity contribution in [2.45, 2.75) is 25.4 Å². The van der Waals surface area contributed by atoms with Crippen LogP contribution in [0.15, 0.2) is 72.8 Å². The van der Waals surface area contributed by atoms with Crippen molar-refractivity contribution in [2.75, 3.05) is 5.32 Å². The third-order valence-electron chi connectivity index (χ3n) is 5.56. The minimum absolute atomic E-state index is 0.264. The summed E-state index contributed by atoms with van der Waals surface area (Å²) in [6.07, 6.45) is 0.825. The summed E-state index contributed by atoms with van der Waals surface area (Å²) in [6.45, 7) is 2.03. The number of carbonyl (C=O) groups excluding carboxylic acids is 2. The van der Waals surface area contributed by atoms with Gasteiger partial charge in [-0.1, -0.05) is 61.5 Å². The maximum Gasteiger partial charge on any atom is 0.331 e. The average Bonchev–Trinajstić information content (AvgIpc) is 2.89. The molecule has 6 nitrogen and oxygen atoms in total. The Morgan fingerprint density at radius 1 is 1.06 bits per heavy atom. The molecule has 0 fully saturated rings. The lowest BCUT2D eigenvalue weighted by Crippen LogP contribution is -2.44. The summed E-state index contributed by atoms with van der Waals surface area (Å²) in [6, 6.07) is 18.6. The molecule has 0 unspecified atom stereocenters. The molecule has 2 N–H and O–H groups in total. The van der Waals surface area contributed by atoms with Gasteiger partial charge in [-0.15, -0.1) is 0 Å². The van der Waals surface area contributed by atoms with Crippen molar-refractivity contribution in [3.8, 4) is 0 Å². The number of anilines is 1. The summed E-state index contributed by atoms with van der Waals surface area (Å²) < 4.78 is 0.807. The normalized spacial score (nSPS) is 16.7. The van der Waals surface area contributed by atoms with Gasteiger partial charge in [-0.05, 0) is 63.9 Å². The number of halogens is 1. The zero-order valence-electron chi connectivity index (χ0n) is 17.3. The molecule has 162 valence electrons. The van der Waals surface area contributed by atoms with E-state index in [2.05, 4.69) is 27.9 Å². The van der Waals surface area contributed by atoms with Gasteiger partial charge in [-0.3, -0.25) is 9.59 Å². The van der Waals surface area contributed by atoms with E-state index in [4.69, 9.17) is 0 Å². The van der Waals surface area contributed by atoms with Crippen LogP contribution in [0.4, 0.5) is 5.69 Å². The smallest absolute Gasteiger partial charge is 0.331 e. The van der Waals surface area contributed by atoms with Gasteiger partial charge in [0, 0.05) is 3.57 Å². The van der Waals surface area contributed by atoms with Crippen LogP contribution >= 0.6 is 22.6 Å². The number of carboxylic acid groups (broad SMARTS) is 1. The van der Waals surface area contributed by atoms with Crippen molar-refractivity contribution in [3.63, 3.8) is 0 Å². The van der Waals surface area contributed by atoms with Crippen LogP contribution in [0.3, 0.4) is 0 Å². The number of nitrogens with one attached hydrogen (secondary N) is 1. The van der Waals surface area contributed by atoms with Crippen LogP contribution in [0.25, 0.3) is 0 Å². The summed E-state index contributed by atoms with van der Waals surface area (Å²) in [5.41, 5.74) is 2.69. The number of hydrogen-bond donors (Lipinski definition) is 2. The zero-order valence-corrected chi connectivity index (χ0v) is 19.4. The SMILES string of the molecule is CCc1ccc([C@H]2C(=O)Nc3ccc(I)cc3C(=O)N2[C@H](C(=O)O)c2ccccc2)cc1. The first-order valence-electron chi connectivity index (χ1n) is 10.2. The molecule has 0 radical (unpaired) electrons. The van der Waals surface area contributed by atoms with Crippen molar-refractivity contribution < 1.29 is 19.5 Å². The van der Waals surface area contributed by atoms with Crippen LogP contribution in [0, 0.1) is 3.57 Å². The van der Waals surface area contributed by atoms with E-state index in [9.17, 15) is 19.5 Å². The largest absolute Gasteiger partial charge is 0.479 e. The molecule has 1 aliphatic rings. The molecule has 2 amide bonds. The summed E-state index contributed by atoms with van der Waals surface area (Å²) in [5, 5.41) is 13.0. The van der Waals surface area contributed by atoms with Crippen LogP contribution in [0.1, 0.15) is 46.1 Å². The predicted molar refractivity (Wildman–Crippen MR) is 129 cm³/mol. The molecule has 0 aliphatic carbocycles. The summed E-state index contributed by atoms with van der Waals surface area (Å²) in [4.78, 5) is 40.9. The molecule has 3 aromatic carbocycles. The van der Waals surface area contributed by atoms with E-state index in [-0.39, 0.29) is 5.56 Å². The quantitative estimate of drug-likeness (QED) is 0.455. The molecule has 0 saturated heterocycles. The van der Waals surface area contributed by atoms with E-state index < -0.39 is 29.9 Å². The van der Waals surface area contributed by atoms with Gasteiger partial charge in [0.1, 0.15) is 6.04 Å². The number of carbonyl (C=O) groups is 3. The minimum Gasteiger partial charge on any atom is -0.479 e. The minimum atomic E-state index is -1.34. The molecule has 0 aromatic heterocycles. The van der Waals surface area contributed by atoms with Gasteiger partial charge < -0.3 is 15.3 Å². The lowest BCUT2D eigenvalue weighted by molar-refractivity contribution is -0.144. The van der Waals surface area contributed by atoms with E-state index in [0.717, 1.165) is 15.6 Å². The van der Waals surface area contributed by atoms with Crippen LogP contribution in [0.2, 0.25) is 0 Å². The Morgan fingerprint density at radius 2 is 1.75 bits per heavy atom. The fraction of sp³-hybridized carbons (Fsp3) is 0.160. The summed E-state index contributed by atoms with van der Waals surface area (Å²) in [5.74, 6) is -2.18. The van der Waals surface area contributed by atoms with Crippen LogP contribution in [0.5, 0.6) is 0 Å². The molecule has 0 spiro atoms. The third kappa shape index (κ3) is 4.12. The fourth-order valence-electron chi connectivity index (χ4n) is 3.96. The Hall–Kier alpha value is -3.20. The topological polar surface area (TPSA) is 86.7 Å². The van der Waals surface area contributed by atoms with E-state index in [1.165, 1.54) is 4.90 Å². The molecule has 32 heavy (non-hydrogen) atoms. The number of amides is 2. The van der Waals surface area contributed by atoms with Crippen molar-refractivity contribution in [2.24, 2.45) is 0 Å². The summed E-state index contributed by atoms with van der Waals surface area (Å²) >= 11 is 2.09. The van der Waals surface area contributed by atoms with Gasteiger partial charge in [-0.25, -0.2) is 4.79 Å². The number of aliphatic carboxylic acids is 1. The van der Waals surface area contributed by atoms with Gasteiger partial charge in [0.25, 0.3) is 11.8 Å². The number of hydrogen-bond acceptors (Lipinski definition) is 3. The second kappa shape index (κ2) is 9.12. The first kappa shape index (κ1) is 22.0. The van der Waals surface area contributed by atoms with Gasteiger partial charge in [0.2, 0.25) is 0 Å². The standard InChI is InChI=1S/C25H21IN2O4/c1-2-15-8-10-17(11-9-15)21-23(29)27-20-13-12-18(26)14-19(20)24(30)28(21)22(25(31)32)16-6-4-3-5-7-16/h3-14,21-22H,2H2,1H3,(H,27,29)(H,31,32)/t21-,22-/m0/s1. The Balaban J connectivity index is 1.94. The number of benzene rings is 3.